The van der Waals surface area contributed by atoms with Gasteiger partial charge in [-0.1, -0.05) is 0 Å². The molecule has 1 rings (SSSR count). The van der Waals surface area contributed by atoms with Crippen LogP contribution in [0.2, 0.25) is 0 Å². The van der Waals surface area contributed by atoms with Crippen molar-refractivity contribution in [3.8, 4) is 0 Å². The number of carboxylic acid groups (broad SMARTS) is 1. The van der Waals surface area contributed by atoms with Gasteiger partial charge >= 0.3 is 18.9 Å². The summed E-state index contributed by atoms with van der Waals surface area (Å²) < 4.78 is 1.45. The van der Waals surface area contributed by atoms with Gasteiger partial charge in [0.15, 0.2) is 0 Å². The number of hydrogen-bond acceptors (Lipinski definition) is 4. The monoisotopic (exact) mass is 230 g/mol. The van der Waals surface area contributed by atoms with E-state index in [1.54, 1.807) is 13.0 Å². The van der Waals surface area contributed by atoms with Crippen molar-refractivity contribution in [2.75, 3.05) is 20.6 Å². The van der Waals surface area contributed by atoms with Crippen LogP contribution in [0.1, 0.15) is 16.1 Å². The molecule has 5 nitrogen and oxygen atoms in total. The van der Waals surface area contributed by atoms with Crippen molar-refractivity contribution in [2.45, 2.75) is 13.5 Å². The van der Waals surface area contributed by atoms with Crippen molar-refractivity contribution < 1.29 is 28.8 Å². The van der Waals surface area contributed by atoms with Crippen LogP contribution in [-0.2, 0) is 6.54 Å². The number of aromatic nitrogens is 1. The largest absolute Gasteiger partial charge is 1.00 e. The van der Waals surface area contributed by atoms with E-state index in [9.17, 15) is 14.7 Å². The molecule has 0 aliphatic carbocycles. The molecule has 1 heterocycles. The number of likely N-dealkylation sites (N-methyl/N-ethyl adjacent to an activating group) is 1. The molecular formula is C11H15LiN2O3. The predicted octanol–water partition coefficient (Wildman–Crippen LogP) is -3.91. The number of carboxylic acids is 1. The number of nitrogens with zero attached hydrogens (tertiary/aromatic N) is 2. The summed E-state index contributed by atoms with van der Waals surface area (Å²) >= 11 is 0. The second kappa shape index (κ2) is 6.65. The Balaban J connectivity index is 0.00000256. The molecule has 17 heavy (non-hydrogen) atoms. The van der Waals surface area contributed by atoms with E-state index in [-0.39, 0.29) is 24.4 Å². The molecule has 0 N–H and O–H groups in total. The fraction of sp³-hybridized carbons (Fsp3) is 0.455. The first-order valence-corrected chi connectivity index (χ1v) is 5.00. The molecule has 0 amide bonds. The van der Waals surface area contributed by atoms with Gasteiger partial charge in [0.1, 0.15) is 0 Å². The van der Waals surface area contributed by atoms with Crippen LogP contribution < -0.4 is 29.5 Å². The molecule has 0 saturated heterocycles. The van der Waals surface area contributed by atoms with Gasteiger partial charge in [0.05, 0.1) is 11.5 Å². The Morgan fingerprint density at radius 3 is 2.47 bits per heavy atom. The van der Waals surface area contributed by atoms with Crippen LogP contribution >= 0.6 is 0 Å². The molecule has 0 aliphatic rings. The van der Waals surface area contributed by atoms with E-state index in [1.807, 2.05) is 19.0 Å². The minimum atomic E-state index is -1.43. The van der Waals surface area contributed by atoms with Crippen molar-refractivity contribution in [2.24, 2.45) is 0 Å². The third-order valence-electron chi connectivity index (χ3n) is 2.38. The third-order valence-corrected chi connectivity index (χ3v) is 2.38. The average Bonchev–Trinajstić information content (AvgIpc) is 2.16. The molecule has 0 atom stereocenters. The summed E-state index contributed by atoms with van der Waals surface area (Å²) in [5.41, 5.74) is -0.0388. The minimum Gasteiger partial charge on any atom is -0.545 e. The summed E-state index contributed by atoms with van der Waals surface area (Å²) in [7, 11) is 3.78. The van der Waals surface area contributed by atoms with Crippen LogP contribution in [-0.4, -0.2) is 36.1 Å². The van der Waals surface area contributed by atoms with Gasteiger partial charge in [0.2, 0.25) is 0 Å². The molecule has 0 spiro atoms. The van der Waals surface area contributed by atoms with Crippen molar-refractivity contribution in [1.29, 1.82) is 0 Å². The number of carbonyl (C=O) groups excluding carboxylic acids is 1. The van der Waals surface area contributed by atoms with Gasteiger partial charge in [-0.05, 0) is 33.2 Å². The van der Waals surface area contributed by atoms with Gasteiger partial charge in [-0.2, -0.15) is 0 Å². The molecule has 0 bridgehead atoms. The van der Waals surface area contributed by atoms with Gasteiger partial charge in [-0.25, -0.2) is 0 Å². The zero-order valence-electron chi connectivity index (χ0n) is 10.7. The average molecular weight is 230 g/mol. The van der Waals surface area contributed by atoms with E-state index in [4.69, 9.17) is 0 Å². The Labute approximate surface area is 112 Å². The molecule has 1 aromatic rings. The zero-order valence-corrected chi connectivity index (χ0v) is 10.7. The molecule has 0 saturated carbocycles. The standard InChI is InChI=1S/C11H16N2O3.Li/c1-8-4-5-9(11(15)16)10(14)13(8)7-6-12(2)3;/h4-5H,6-7H2,1-3H3,(H,15,16);/q;+1/p-1. The van der Waals surface area contributed by atoms with Crippen molar-refractivity contribution in [1.82, 2.24) is 9.47 Å². The summed E-state index contributed by atoms with van der Waals surface area (Å²) in [6, 6.07) is 2.90. The summed E-state index contributed by atoms with van der Waals surface area (Å²) in [5, 5.41) is 10.7. The van der Waals surface area contributed by atoms with Crippen LogP contribution in [0, 0.1) is 6.92 Å². The quantitative estimate of drug-likeness (QED) is 0.496. The van der Waals surface area contributed by atoms with E-state index >= 15 is 0 Å². The maximum absolute atomic E-state index is 11.8. The van der Waals surface area contributed by atoms with E-state index < -0.39 is 11.5 Å². The molecule has 0 unspecified atom stereocenters. The van der Waals surface area contributed by atoms with Gasteiger partial charge in [-0.3, -0.25) is 4.79 Å². The van der Waals surface area contributed by atoms with Crippen molar-refractivity contribution >= 4 is 5.97 Å². The third kappa shape index (κ3) is 4.04. The first kappa shape index (κ1) is 16.0. The second-order valence-electron chi connectivity index (χ2n) is 3.94. The number of aryl methyl sites for hydroxylation is 1. The smallest absolute Gasteiger partial charge is 0.545 e. The van der Waals surface area contributed by atoms with Gasteiger partial charge in [0.25, 0.3) is 5.56 Å². The molecule has 0 aliphatic heterocycles. The van der Waals surface area contributed by atoms with Crippen molar-refractivity contribution in [3.63, 3.8) is 0 Å². The summed E-state index contributed by atoms with van der Waals surface area (Å²) in [6.45, 7) is 2.92. The zero-order chi connectivity index (χ0) is 12.3. The fourth-order valence-corrected chi connectivity index (χ4v) is 1.40. The Morgan fingerprint density at radius 1 is 1.41 bits per heavy atom. The van der Waals surface area contributed by atoms with Gasteiger partial charge in [-0.15, -0.1) is 0 Å². The minimum absolute atomic E-state index is 0. The molecule has 88 valence electrons. The number of hydrogen-bond donors (Lipinski definition) is 0. The van der Waals surface area contributed by atoms with Crippen LogP contribution in [0.5, 0.6) is 0 Å². The Kier molecular flexibility index (Phi) is 6.25. The summed E-state index contributed by atoms with van der Waals surface area (Å²) in [6.07, 6.45) is 0. The van der Waals surface area contributed by atoms with E-state index in [0.29, 0.717) is 13.1 Å². The SMILES string of the molecule is Cc1ccc(C(=O)[O-])c(=O)n1CCN(C)C.[Li+]. The molecule has 6 heteroatoms. The molecule has 0 aromatic carbocycles. The number of carbonyl (C=O) groups is 1. The maximum Gasteiger partial charge on any atom is 1.00 e. The molecule has 0 radical (unpaired) electrons. The summed E-state index contributed by atoms with van der Waals surface area (Å²) in [5.74, 6) is -1.43. The Bertz CT molecular complexity index is 455. The van der Waals surface area contributed by atoms with E-state index in [0.717, 1.165) is 5.69 Å². The Morgan fingerprint density at radius 2 is 2.00 bits per heavy atom. The summed E-state index contributed by atoms with van der Waals surface area (Å²) in [4.78, 5) is 24.4. The van der Waals surface area contributed by atoms with E-state index in [1.165, 1.54) is 10.6 Å². The number of pyridine rings is 1. The first-order valence-electron chi connectivity index (χ1n) is 5.00. The Hall–Kier alpha value is -1.02. The fourth-order valence-electron chi connectivity index (χ4n) is 1.40. The second-order valence-corrected chi connectivity index (χ2v) is 3.94. The van der Waals surface area contributed by atoms with Crippen LogP contribution in [0.25, 0.3) is 0 Å². The van der Waals surface area contributed by atoms with Gasteiger partial charge < -0.3 is 19.4 Å². The maximum atomic E-state index is 11.8. The molecular weight excluding hydrogens is 215 g/mol. The topological polar surface area (TPSA) is 65.4 Å². The normalized spacial score (nSPS) is 10.1. The van der Waals surface area contributed by atoms with Gasteiger partial charge in [0, 0.05) is 18.8 Å². The van der Waals surface area contributed by atoms with Crippen molar-refractivity contribution in [3.05, 3.63) is 33.7 Å². The number of aromatic carboxylic acids is 1. The predicted molar refractivity (Wildman–Crippen MR) is 58.3 cm³/mol. The van der Waals surface area contributed by atoms with E-state index in [2.05, 4.69) is 0 Å². The van der Waals surface area contributed by atoms with Crippen LogP contribution in [0.15, 0.2) is 16.9 Å². The number of rotatable bonds is 4. The molecule has 0 fully saturated rings. The molecule has 1 aromatic heterocycles. The van der Waals surface area contributed by atoms with Crippen LogP contribution in [0.3, 0.4) is 0 Å². The van der Waals surface area contributed by atoms with Crippen LogP contribution in [0.4, 0.5) is 0 Å². The first-order chi connectivity index (χ1) is 7.43.